The zero-order valence-electron chi connectivity index (χ0n) is 27.6. The average molecular weight is 722 g/mol. The van der Waals surface area contributed by atoms with Crippen LogP contribution >= 0.6 is 0 Å². The number of carbonyl (C=O) groups excluding carboxylic acids is 2. The second-order valence-corrected chi connectivity index (χ2v) is 11.7. The van der Waals surface area contributed by atoms with E-state index < -0.39 is 46.4 Å². The van der Waals surface area contributed by atoms with Crippen molar-refractivity contribution in [2.75, 3.05) is 24.7 Å². The van der Waals surface area contributed by atoms with Crippen molar-refractivity contribution >= 4 is 23.2 Å². The Morgan fingerprint density at radius 3 is 1.76 bits per heavy atom. The normalized spacial score (nSPS) is 12.2. The fourth-order valence-electron chi connectivity index (χ4n) is 4.72. The van der Waals surface area contributed by atoms with Crippen molar-refractivity contribution in [1.82, 2.24) is 19.9 Å². The first-order chi connectivity index (χ1) is 23.9. The van der Waals surface area contributed by atoms with Gasteiger partial charge in [0.1, 0.15) is 29.6 Å². The molecule has 1 atom stereocenters. The van der Waals surface area contributed by atoms with E-state index in [4.69, 9.17) is 27.0 Å². The van der Waals surface area contributed by atoms with E-state index in [1.54, 1.807) is 0 Å². The number of nitrogens with zero attached hydrogens (tertiary/aromatic N) is 4. The van der Waals surface area contributed by atoms with Crippen LogP contribution in [0.25, 0.3) is 0 Å². The number of aromatic nitrogens is 4. The number of ketones is 2. The van der Waals surface area contributed by atoms with E-state index in [0.717, 1.165) is 18.2 Å². The van der Waals surface area contributed by atoms with Crippen LogP contribution in [0.1, 0.15) is 82.0 Å². The number of halogens is 6. The summed E-state index contributed by atoms with van der Waals surface area (Å²) in [4.78, 5) is 40.2. The van der Waals surface area contributed by atoms with Gasteiger partial charge in [-0.25, -0.2) is 19.9 Å². The summed E-state index contributed by atoms with van der Waals surface area (Å²) in [6.07, 6.45) is -4.70. The Morgan fingerprint density at radius 2 is 1.29 bits per heavy atom. The molecular formula is C34H37F6N7O4. The topological polar surface area (TPSA) is 193 Å². The summed E-state index contributed by atoms with van der Waals surface area (Å²) in [5.74, 6) is -2.00. The van der Waals surface area contributed by atoms with Crippen molar-refractivity contribution in [1.29, 1.82) is 0 Å². The summed E-state index contributed by atoms with van der Waals surface area (Å²) in [7, 11) is 0. The first kappa shape index (κ1) is 40.3. The van der Waals surface area contributed by atoms with Crippen molar-refractivity contribution in [2.24, 2.45) is 11.7 Å². The lowest BCUT2D eigenvalue weighted by molar-refractivity contribution is -0.139. The maximum atomic E-state index is 13.3. The standard InChI is InChI=1S/C18H21F3N4O2.C16H16F3N3O2/c1-10(2)8-11(22)9-27-14-6-5-13(18(19,20)21)15(25-14)16(26)12-4-3-7-24-17(12)23;17-16(18,19)12-7-6-10(4-1-2-9-23)22-13(12)14(24)11-5-3-8-21-15(11)20/h3-7,10-11H,8-9,22H2,1-2H3,(H2,23,24);3,5-8,23H,1-2,4,9H2,(H2,20,21)/t11-;/m1./s1. The van der Waals surface area contributed by atoms with Gasteiger partial charge in [-0.2, -0.15) is 26.3 Å². The number of nitrogens with two attached hydrogens (primary N) is 3. The summed E-state index contributed by atoms with van der Waals surface area (Å²) in [5.41, 5.74) is 13.4. The zero-order chi connectivity index (χ0) is 37.9. The molecule has 51 heavy (non-hydrogen) atoms. The number of unbranched alkanes of at least 4 members (excludes halogenated alkanes) is 1. The first-order valence-electron chi connectivity index (χ1n) is 15.6. The van der Waals surface area contributed by atoms with Crippen molar-refractivity contribution < 1.29 is 45.8 Å². The quantitative estimate of drug-likeness (QED) is 0.0754. The molecule has 4 aromatic heterocycles. The van der Waals surface area contributed by atoms with E-state index in [1.165, 1.54) is 42.7 Å². The third kappa shape index (κ3) is 11.4. The maximum absolute atomic E-state index is 13.3. The molecule has 0 radical (unpaired) electrons. The summed E-state index contributed by atoms with van der Waals surface area (Å²) >= 11 is 0. The third-order valence-electron chi connectivity index (χ3n) is 7.09. The maximum Gasteiger partial charge on any atom is 0.418 e. The Labute approximate surface area is 289 Å². The molecule has 4 heterocycles. The van der Waals surface area contributed by atoms with Crippen LogP contribution in [-0.4, -0.2) is 55.9 Å². The lowest BCUT2D eigenvalue weighted by atomic mass is 10.0. The number of aliphatic hydroxyl groups is 1. The van der Waals surface area contributed by atoms with E-state index in [9.17, 15) is 35.9 Å². The Hall–Kier alpha value is -5.16. The van der Waals surface area contributed by atoms with E-state index >= 15 is 0 Å². The highest BCUT2D eigenvalue weighted by Gasteiger charge is 2.38. The largest absolute Gasteiger partial charge is 0.476 e. The molecule has 0 saturated carbocycles. The van der Waals surface area contributed by atoms with Crippen LogP contribution in [0.5, 0.6) is 5.88 Å². The number of aliphatic hydroxyl groups excluding tert-OH is 1. The average Bonchev–Trinajstić information content (AvgIpc) is 3.06. The van der Waals surface area contributed by atoms with Crippen molar-refractivity contribution in [3.8, 4) is 5.88 Å². The van der Waals surface area contributed by atoms with Crippen molar-refractivity contribution in [2.45, 2.75) is 57.9 Å². The fourth-order valence-corrected chi connectivity index (χ4v) is 4.72. The molecule has 0 aliphatic carbocycles. The van der Waals surface area contributed by atoms with Gasteiger partial charge < -0.3 is 27.0 Å². The van der Waals surface area contributed by atoms with Gasteiger partial charge >= 0.3 is 12.4 Å². The number of carbonyl (C=O) groups is 2. The van der Waals surface area contributed by atoms with Crippen LogP contribution in [-0.2, 0) is 18.8 Å². The summed E-state index contributed by atoms with van der Waals surface area (Å²) in [6, 6.07) is 9.03. The first-order valence-corrected chi connectivity index (χ1v) is 15.6. The molecule has 0 spiro atoms. The molecule has 0 aliphatic heterocycles. The molecule has 0 aromatic carbocycles. The van der Waals surface area contributed by atoms with Crippen LogP contribution in [0, 0.1) is 5.92 Å². The molecular weight excluding hydrogens is 684 g/mol. The molecule has 274 valence electrons. The summed E-state index contributed by atoms with van der Waals surface area (Å²) in [6.45, 7) is 4.04. The van der Waals surface area contributed by atoms with Crippen LogP contribution in [0.15, 0.2) is 60.9 Å². The molecule has 4 rings (SSSR count). The van der Waals surface area contributed by atoms with Gasteiger partial charge in [0, 0.05) is 36.8 Å². The molecule has 4 aromatic rings. The van der Waals surface area contributed by atoms with Gasteiger partial charge in [0.2, 0.25) is 17.4 Å². The molecule has 17 heteroatoms. The van der Waals surface area contributed by atoms with Gasteiger partial charge in [-0.1, -0.05) is 13.8 Å². The van der Waals surface area contributed by atoms with E-state index in [0.29, 0.717) is 37.3 Å². The number of anilines is 2. The van der Waals surface area contributed by atoms with Gasteiger partial charge in [-0.05, 0) is 74.1 Å². The zero-order valence-corrected chi connectivity index (χ0v) is 27.6. The number of aryl methyl sites for hydroxylation is 1. The molecule has 0 fully saturated rings. The van der Waals surface area contributed by atoms with Gasteiger partial charge in [-0.15, -0.1) is 0 Å². The predicted molar refractivity (Wildman–Crippen MR) is 176 cm³/mol. The monoisotopic (exact) mass is 721 g/mol. The van der Waals surface area contributed by atoms with Crippen molar-refractivity contribution in [3.05, 3.63) is 100 Å². The number of pyridine rings is 4. The van der Waals surface area contributed by atoms with Gasteiger partial charge in [-0.3, -0.25) is 9.59 Å². The number of hydrogen-bond donors (Lipinski definition) is 4. The lowest BCUT2D eigenvalue weighted by Gasteiger charge is -2.16. The minimum absolute atomic E-state index is 0.0152. The fraction of sp³-hybridized carbons (Fsp3) is 0.353. The van der Waals surface area contributed by atoms with E-state index in [-0.39, 0.29) is 47.9 Å². The second-order valence-electron chi connectivity index (χ2n) is 11.7. The highest BCUT2D eigenvalue weighted by Crippen LogP contribution is 2.35. The van der Waals surface area contributed by atoms with Crippen LogP contribution < -0.4 is 21.9 Å². The smallest absolute Gasteiger partial charge is 0.418 e. The highest BCUT2D eigenvalue weighted by molar-refractivity contribution is 6.12. The molecule has 0 saturated heterocycles. The molecule has 0 bridgehead atoms. The van der Waals surface area contributed by atoms with Gasteiger partial charge in [0.25, 0.3) is 0 Å². The summed E-state index contributed by atoms with van der Waals surface area (Å²) < 4.78 is 84.9. The number of ether oxygens (including phenoxy) is 1. The summed E-state index contributed by atoms with van der Waals surface area (Å²) in [5, 5.41) is 8.77. The molecule has 0 amide bonds. The molecule has 0 aliphatic rings. The number of alkyl halides is 6. The van der Waals surface area contributed by atoms with Gasteiger partial charge in [0.05, 0.1) is 22.3 Å². The van der Waals surface area contributed by atoms with Crippen LogP contribution in [0.2, 0.25) is 0 Å². The number of hydrogen-bond acceptors (Lipinski definition) is 11. The number of rotatable bonds is 13. The lowest BCUT2D eigenvalue weighted by Crippen LogP contribution is -2.29. The molecule has 7 N–H and O–H groups in total. The predicted octanol–water partition coefficient (Wildman–Crippen LogP) is 5.68. The molecule has 11 nitrogen and oxygen atoms in total. The Kier molecular flexibility index (Phi) is 14.0. The van der Waals surface area contributed by atoms with Crippen molar-refractivity contribution in [3.63, 3.8) is 0 Å². The minimum Gasteiger partial charge on any atom is -0.476 e. The molecule has 0 unspecified atom stereocenters. The van der Waals surface area contributed by atoms with E-state index in [2.05, 4.69) is 19.9 Å². The van der Waals surface area contributed by atoms with Gasteiger partial charge in [0.15, 0.2) is 0 Å². The Balaban J connectivity index is 0.000000277. The Bertz CT molecular complexity index is 1800. The second kappa shape index (κ2) is 17.7. The Morgan fingerprint density at radius 1 is 0.784 bits per heavy atom. The van der Waals surface area contributed by atoms with Crippen LogP contribution in [0.4, 0.5) is 38.0 Å². The number of nitrogen functional groups attached to an aromatic ring is 2. The minimum atomic E-state index is -4.76. The SMILES string of the molecule is CC(C)C[C@@H](N)COc1ccc(C(F)(F)F)c(C(=O)c2cccnc2N)n1.Nc1ncccc1C(=O)c1nc(CCCCO)ccc1C(F)(F)F. The van der Waals surface area contributed by atoms with E-state index in [1.807, 2.05) is 13.8 Å². The highest BCUT2D eigenvalue weighted by atomic mass is 19.4. The third-order valence-corrected chi connectivity index (χ3v) is 7.09. The van der Waals surface area contributed by atoms with Crippen LogP contribution in [0.3, 0.4) is 0 Å².